The highest BCUT2D eigenvalue weighted by atomic mass is 16.3. The van der Waals surface area contributed by atoms with Gasteiger partial charge in [0.15, 0.2) is 5.58 Å². The Morgan fingerprint density at radius 3 is 2.62 bits per heavy atom. The molecular weight excluding hydrogens is 266 g/mol. The van der Waals surface area contributed by atoms with Gasteiger partial charge in [0.05, 0.1) is 0 Å². The lowest BCUT2D eigenvalue weighted by Crippen LogP contribution is -2.13. The smallest absolute Gasteiger partial charge is 0.293 e. The Morgan fingerprint density at radius 2 is 1.95 bits per heavy atom. The number of furan rings is 1. The SMILES string of the molecule is Cc1cc(C)cc(NC(=O)c2oc3cccnc3c2N)c1. The standard InChI is InChI=1S/C16H15N3O2/c1-9-6-10(2)8-11(7-9)19-16(20)15-13(17)14-12(21-15)4-3-5-18-14/h3-8H,17H2,1-2H3,(H,19,20). The van der Waals surface area contributed by atoms with E-state index in [1.165, 1.54) is 0 Å². The van der Waals surface area contributed by atoms with Crippen molar-refractivity contribution < 1.29 is 9.21 Å². The molecule has 0 radical (unpaired) electrons. The van der Waals surface area contributed by atoms with Gasteiger partial charge in [0, 0.05) is 11.9 Å². The second-order valence-electron chi connectivity index (χ2n) is 5.03. The quantitative estimate of drug-likeness (QED) is 0.755. The molecule has 5 nitrogen and oxygen atoms in total. The Kier molecular flexibility index (Phi) is 3.10. The lowest BCUT2D eigenvalue weighted by molar-refractivity contribution is 0.1000. The molecule has 1 amide bonds. The van der Waals surface area contributed by atoms with Crippen molar-refractivity contribution in [2.24, 2.45) is 0 Å². The fraction of sp³-hybridized carbons (Fsp3) is 0.125. The molecule has 0 aliphatic rings. The number of aryl methyl sites for hydroxylation is 2. The maximum atomic E-state index is 12.3. The Hall–Kier alpha value is -2.82. The van der Waals surface area contributed by atoms with Crippen LogP contribution in [0.5, 0.6) is 0 Å². The van der Waals surface area contributed by atoms with Crippen LogP contribution in [-0.4, -0.2) is 10.9 Å². The number of nitrogen functional groups attached to an aromatic ring is 1. The molecule has 0 spiro atoms. The van der Waals surface area contributed by atoms with Gasteiger partial charge in [-0.05, 0) is 49.2 Å². The van der Waals surface area contributed by atoms with Crippen molar-refractivity contribution >= 4 is 28.4 Å². The molecule has 0 saturated carbocycles. The van der Waals surface area contributed by atoms with Crippen LogP contribution in [0.2, 0.25) is 0 Å². The molecule has 2 aromatic heterocycles. The number of pyridine rings is 1. The van der Waals surface area contributed by atoms with E-state index in [2.05, 4.69) is 10.3 Å². The number of aromatic nitrogens is 1. The number of hydrogen-bond acceptors (Lipinski definition) is 4. The summed E-state index contributed by atoms with van der Waals surface area (Å²) in [6.07, 6.45) is 1.61. The molecule has 0 atom stereocenters. The van der Waals surface area contributed by atoms with E-state index in [-0.39, 0.29) is 17.4 Å². The van der Waals surface area contributed by atoms with E-state index in [0.717, 1.165) is 11.1 Å². The van der Waals surface area contributed by atoms with Crippen molar-refractivity contribution in [1.82, 2.24) is 4.98 Å². The minimum Gasteiger partial charge on any atom is -0.447 e. The maximum absolute atomic E-state index is 12.3. The van der Waals surface area contributed by atoms with Crippen molar-refractivity contribution in [2.75, 3.05) is 11.1 Å². The van der Waals surface area contributed by atoms with Crippen molar-refractivity contribution in [3.8, 4) is 0 Å². The van der Waals surface area contributed by atoms with Gasteiger partial charge >= 0.3 is 0 Å². The zero-order valence-corrected chi connectivity index (χ0v) is 11.8. The highest BCUT2D eigenvalue weighted by molar-refractivity contribution is 6.10. The van der Waals surface area contributed by atoms with Crippen LogP contribution in [-0.2, 0) is 0 Å². The molecular formula is C16H15N3O2. The van der Waals surface area contributed by atoms with Crippen LogP contribution in [0.25, 0.3) is 11.1 Å². The highest BCUT2D eigenvalue weighted by Crippen LogP contribution is 2.27. The van der Waals surface area contributed by atoms with Crippen LogP contribution in [0.4, 0.5) is 11.4 Å². The van der Waals surface area contributed by atoms with Gasteiger partial charge in [-0.1, -0.05) is 6.07 Å². The molecule has 21 heavy (non-hydrogen) atoms. The molecule has 0 saturated heterocycles. The van der Waals surface area contributed by atoms with Gasteiger partial charge in [0.25, 0.3) is 5.91 Å². The monoisotopic (exact) mass is 281 g/mol. The van der Waals surface area contributed by atoms with Gasteiger partial charge < -0.3 is 15.5 Å². The predicted octanol–water partition coefficient (Wildman–Crippen LogP) is 3.28. The highest BCUT2D eigenvalue weighted by Gasteiger charge is 2.19. The molecule has 0 fully saturated rings. The number of carbonyl (C=O) groups excluding carboxylic acids is 1. The van der Waals surface area contributed by atoms with Gasteiger partial charge in [-0.25, -0.2) is 0 Å². The van der Waals surface area contributed by atoms with Crippen LogP contribution in [0, 0.1) is 13.8 Å². The molecule has 0 unspecified atom stereocenters. The normalized spacial score (nSPS) is 10.8. The molecule has 0 bridgehead atoms. The summed E-state index contributed by atoms with van der Waals surface area (Å²) in [4.78, 5) is 16.4. The van der Waals surface area contributed by atoms with Crippen molar-refractivity contribution in [1.29, 1.82) is 0 Å². The first-order valence-electron chi connectivity index (χ1n) is 6.57. The number of fused-ring (bicyclic) bond motifs is 1. The Labute approximate surface area is 121 Å². The third-order valence-electron chi connectivity index (χ3n) is 3.17. The number of rotatable bonds is 2. The summed E-state index contributed by atoms with van der Waals surface area (Å²) < 4.78 is 5.49. The summed E-state index contributed by atoms with van der Waals surface area (Å²) in [7, 11) is 0. The van der Waals surface area contributed by atoms with Crippen LogP contribution >= 0.6 is 0 Å². The Bertz CT molecular complexity index is 816. The molecule has 3 rings (SSSR count). The van der Waals surface area contributed by atoms with E-state index in [4.69, 9.17) is 10.2 Å². The zero-order valence-electron chi connectivity index (χ0n) is 11.8. The van der Waals surface area contributed by atoms with Gasteiger partial charge in [0.2, 0.25) is 5.76 Å². The lowest BCUT2D eigenvalue weighted by Gasteiger charge is -2.06. The number of nitrogens with two attached hydrogens (primary N) is 1. The zero-order chi connectivity index (χ0) is 15.0. The van der Waals surface area contributed by atoms with Crippen molar-refractivity contribution in [3.05, 3.63) is 53.4 Å². The number of nitrogens with zero attached hydrogens (tertiary/aromatic N) is 1. The fourth-order valence-electron chi connectivity index (χ4n) is 2.35. The minimum absolute atomic E-state index is 0.0860. The van der Waals surface area contributed by atoms with Crippen LogP contribution in [0.3, 0.4) is 0 Å². The predicted molar refractivity (Wildman–Crippen MR) is 82.3 cm³/mol. The Balaban J connectivity index is 1.95. The third-order valence-corrected chi connectivity index (χ3v) is 3.17. The van der Waals surface area contributed by atoms with Crippen molar-refractivity contribution in [2.45, 2.75) is 13.8 Å². The number of anilines is 2. The topological polar surface area (TPSA) is 81.2 Å². The van der Waals surface area contributed by atoms with E-state index < -0.39 is 0 Å². The number of carbonyl (C=O) groups is 1. The van der Waals surface area contributed by atoms with Gasteiger partial charge in [-0.2, -0.15) is 0 Å². The molecule has 1 aromatic carbocycles. The second-order valence-corrected chi connectivity index (χ2v) is 5.03. The molecule has 5 heteroatoms. The maximum Gasteiger partial charge on any atom is 0.293 e. The van der Waals surface area contributed by atoms with Gasteiger partial charge in [0.1, 0.15) is 11.2 Å². The summed E-state index contributed by atoms with van der Waals surface area (Å²) in [5, 5.41) is 2.80. The average Bonchev–Trinajstić information content (AvgIpc) is 2.76. The van der Waals surface area contributed by atoms with E-state index >= 15 is 0 Å². The minimum atomic E-state index is -0.379. The fourth-order valence-corrected chi connectivity index (χ4v) is 2.35. The number of amides is 1. The van der Waals surface area contributed by atoms with Crippen LogP contribution in [0.15, 0.2) is 40.9 Å². The van der Waals surface area contributed by atoms with Gasteiger partial charge in [-0.15, -0.1) is 0 Å². The first kappa shape index (κ1) is 13.2. The second kappa shape index (κ2) is 4.94. The summed E-state index contributed by atoms with van der Waals surface area (Å²) >= 11 is 0. The third kappa shape index (κ3) is 2.45. The average molecular weight is 281 g/mol. The molecule has 3 aromatic rings. The summed E-state index contributed by atoms with van der Waals surface area (Å²) in [5.74, 6) is -0.293. The van der Waals surface area contributed by atoms with E-state index in [1.807, 2.05) is 32.0 Å². The first-order chi connectivity index (χ1) is 10.0. The number of hydrogen-bond donors (Lipinski definition) is 2. The summed E-state index contributed by atoms with van der Waals surface area (Å²) in [6.45, 7) is 3.95. The molecule has 2 heterocycles. The molecule has 106 valence electrons. The number of nitrogens with one attached hydrogen (secondary N) is 1. The summed E-state index contributed by atoms with van der Waals surface area (Å²) in [5.41, 5.74) is 10.1. The number of benzene rings is 1. The van der Waals surface area contributed by atoms with E-state index in [9.17, 15) is 4.79 Å². The first-order valence-corrected chi connectivity index (χ1v) is 6.57. The van der Waals surface area contributed by atoms with E-state index in [1.54, 1.807) is 18.3 Å². The molecule has 0 aliphatic carbocycles. The molecule has 3 N–H and O–H groups in total. The van der Waals surface area contributed by atoms with Crippen molar-refractivity contribution in [3.63, 3.8) is 0 Å². The van der Waals surface area contributed by atoms with E-state index in [0.29, 0.717) is 16.8 Å². The molecule has 0 aliphatic heterocycles. The summed E-state index contributed by atoms with van der Waals surface area (Å²) in [6, 6.07) is 9.28. The van der Waals surface area contributed by atoms with Crippen LogP contribution < -0.4 is 11.1 Å². The Morgan fingerprint density at radius 1 is 1.24 bits per heavy atom. The van der Waals surface area contributed by atoms with Crippen LogP contribution in [0.1, 0.15) is 21.7 Å². The lowest BCUT2D eigenvalue weighted by atomic mass is 10.1. The largest absolute Gasteiger partial charge is 0.447 e. The van der Waals surface area contributed by atoms with Gasteiger partial charge in [-0.3, -0.25) is 9.78 Å².